The van der Waals surface area contributed by atoms with E-state index in [1.807, 2.05) is 0 Å². The summed E-state index contributed by atoms with van der Waals surface area (Å²) in [4.78, 5) is 0. The van der Waals surface area contributed by atoms with Crippen LogP contribution in [-0.4, -0.2) is 0 Å². The van der Waals surface area contributed by atoms with E-state index in [2.05, 4.69) is 109 Å². The molecule has 0 saturated heterocycles. The van der Waals surface area contributed by atoms with Gasteiger partial charge in [0.15, 0.2) is 0 Å². The monoisotopic (exact) mass is 330 g/mol. The number of benzene rings is 5. The molecule has 5 rings (SSSR count). The van der Waals surface area contributed by atoms with Gasteiger partial charge in [0.05, 0.1) is 0 Å². The first kappa shape index (κ1) is 14.9. The normalized spacial score (nSPS) is 11.1. The number of hydrogen-bond acceptors (Lipinski definition) is 0. The van der Waals surface area contributed by atoms with E-state index in [1.165, 1.54) is 43.8 Å². The maximum atomic E-state index is 2.31. The van der Waals surface area contributed by atoms with Crippen molar-refractivity contribution in [2.24, 2.45) is 0 Å². The van der Waals surface area contributed by atoms with Crippen molar-refractivity contribution >= 4 is 21.5 Å². The predicted molar refractivity (Wildman–Crippen MR) is 112 cm³/mol. The minimum absolute atomic E-state index is 1.25. The summed E-state index contributed by atoms with van der Waals surface area (Å²) in [6.45, 7) is 0. The van der Waals surface area contributed by atoms with Crippen LogP contribution in [0.5, 0.6) is 0 Å². The molecule has 0 nitrogen and oxygen atoms in total. The molecule has 5 aromatic carbocycles. The molecule has 0 N–H and O–H groups in total. The van der Waals surface area contributed by atoms with Crippen LogP contribution < -0.4 is 0 Å². The molecular formula is C26H18. The summed E-state index contributed by atoms with van der Waals surface area (Å²) in [5.74, 6) is 0. The fraction of sp³-hybridized carbons (Fsp3) is 0. The molecule has 26 heavy (non-hydrogen) atoms. The fourth-order valence-corrected chi connectivity index (χ4v) is 3.71. The van der Waals surface area contributed by atoms with E-state index in [9.17, 15) is 0 Å². The molecular weight excluding hydrogens is 312 g/mol. The average molecular weight is 330 g/mol. The van der Waals surface area contributed by atoms with E-state index in [4.69, 9.17) is 0 Å². The molecule has 0 amide bonds. The largest absolute Gasteiger partial charge is 0.0622 e. The SMILES string of the molecule is c1ccc(-c2ccccc2-c2ccc3cc4ccccc4cc3c2)cc1. The molecule has 0 heteroatoms. The molecule has 0 aliphatic rings. The smallest absolute Gasteiger partial charge is 0.0105 e. The lowest BCUT2D eigenvalue weighted by Gasteiger charge is -2.11. The lowest BCUT2D eigenvalue weighted by Crippen LogP contribution is -1.85. The van der Waals surface area contributed by atoms with Gasteiger partial charge in [0.1, 0.15) is 0 Å². The highest BCUT2D eigenvalue weighted by Crippen LogP contribution is 2.34. The van der Waals surface area contributed by atoms with E-state index >= 15 is 0 Å². The van der Waals surface area contributed by atoms with Crippen molar-refractivity contribution in [3.63, 3.8) is 0 Å². The van der Waals surface area contributed by atoms with Crippen molar-refractivity contribution in [3.8, 4) is 22.3 Å². The summed E-state index contributed by atoms with van der Waals surface area (Å²) >= 11 is 0. The standard InChI is InChI=1S/C26H18/c1-2-8-19(9-3-1)25-12-6-7-13-26(25)23-15-14-22-16-20-10-4-5-11-21(20)17-24(22)18-23/h1-18H. The highest BCUT2D eigenvalue weighted by Gasteiger charge is 2.08. The summed E-state index contributed by atoms with van der Waals surface area (Å²) in [6.07, 6.45) is 0. The maximum absolute atomic E-state index is 2.31. The topological polar surface area (TPSA) is 0 Å². The Morgan fingerprint density at radius 3 is 1.58 bits per heavy atom. The highest BCUT2D eigenvalue weighted by molar-refractivity contribution is 6.00. The Kier molecular flexibility index (Phi) is 3.54. The zero-order valence-corrected chi connectivity index (χ0v) is 14.4. The van der Waals surface area contributed by atoms with Gasteiger partial charge in [0, 0.05) is 0 Å². The third kappa shape index (κ3) is 2.57. The molecule has 5 aromatic rings. The Bertz CT molecular complexity index is 1220. The third-order valence-electron chi connectivity index (χ3n) is 5.03. The molecule has 0 aromatic heterocycles. The van der Waals surface area contributed by atoms with E-state index in [-0.39, 0.29) is 0 Å². The Labute approximate surface area is 153 Å². The molecule has 0 heterocycles. The summed E-state index contributed by atoms with van der Waals surface area (Å²) in [5.41, 5.74) is 5.05. The highest BCUT2D eigenvalue weighted by atomic mass is 14.1. The lowest BCUT2D eigenvalue weighted by molar-refractivity contribution is 1.59. The number of fused-ring (bicyclic) bond motifs is 2. The first-order valence-corrected chi connectivity index (χ1v) is 8.96. The molecule has 0 aliphatic carbocycles. The average Bonchev–Trinajstić information content (AvgIpc) is 2.72. The summed E-state index contributed by atoms with van der Waals surface area (Å²) in [7, 11) is 0. The second-order valence-electron chi connectivity index (χ2n) is 6.67. The molecule has 0 bridgehead atoms. The van der Waals surface area contributed by atoms with Crippen LogP contribution in [0.15, 0.2) is 109 Å². The van der Waals surface area contributed by atoms with Gasteiger partial charge >= 0.3 is 0 Å². The zero-order valence-electron chi connectivity index (χ0n) is 14.4. The van der Waals surface area contributed by atoms with Gasteiger partial charge in [-0.05, 0) is 62.0 Å². The van der Waals surface area contributed by atoms with Gasteiger partial charge < -0.3 is 0 Å². The van der Waals surface area contributed by atoms with Gasteiger partial charge in [0.25, 0.3) is 0 Å². The van der Waals surface area contributed by atoms with Crippen LogP contribution in [-0.2, 0) is 0 Å². The van der Waals surface area contributed by atoms with Crippen LogP contribution in [0, 0.1) is 0 Å². The van der Waals surface area contributed by atoms with Crippen LogP contribution >= 0.6 is 0 Å². The van der Waals surface area contributed by atoms with Crippen molar-refractivity contribution in [2.45, 2.75) is 0 Å². The summed E-state index contributed by atoms with van der Waals surface area (Å²) in [6, 6.07) is 39.1. The van der Waals surface area contributed by atoms with Crippen molar-refractivity contribution in [3.05, 3.63) is 109 Å². The van der Waals surface area contributed by atoms with Crippen LogP contribution in [0.4, 0.5) is 0 Å². The van der Waals surface area contributed by atoms with Gasteiger partial charge in [-0.1, -0.05) is 91.0 Å². The maximum Gasteiger partial charge on any atom is -0.0105 e. The van der Waals surface area contributed by atoms with Crippen LogP contribution in [0.3, 0.4) is 0 Å². The lowest BCUT2D eigenvalue weighted by atomic mass is 9.93. The number of hydrogen-bond donors (Lipinski definition) is 0. The minimum atomic E-state index is 1.25. The van der Waals surface area contributed by atoms with Gasteiger partial charge in [-0.2, -0.15) is 0 Å². The van der Waals surface area contributed by atoms with Gasteiger partial charge in [-0.25, -0.2) is 0 Å². The number of rotatable bonds is 2. The van der Waals surface area contributed by atoms with Gasteiger partial charge in [0.2, 0.25) is 0 Å². The third-order valence-corrected chi connectivity index (χ3v) is 5.03. The Hall–Kier alpha value is -3.38. The van der Waals surface area contributed by atoms with Crippen molar-refractivity contribution < 1.29 is 0 Å². The van der Waals surface area contributed by atoms with E-state index in [1.54, 1.807) is 0 Å². The van der Waals surface area contributed by atoms with Crippen molar-refractivity contribution in [1.82, 2.24) is 0 Å². The second-order valence-corrected chi connectivity index (χ2v) is 6.67. The Morgan fingerprint density at radius 2 is 0.846 bits per heavy atom. The molecule has 0 saturated carbocycles. The molecule has 0 aliphatic heterocycles. The quantitative estimate of drug-likeness (QED) is 0.297. The first-order valence-electron chi connectivity index (χ1n) is 8.96. The molecule has 0 unspecified atom stereocenters. The molecule has 0 atom stereocenters. The van der Waals surface area contributed by atoms with E-state index in [0.717, 1.165) is 0 Å². The Morgan fingerprint density at radius 1 is 0.308 bits per heavy atom. The zero-order chi connectivity index (χ0) is 17.3. The van der Waals surface area contributed by atoms with Gasteiger partial charge in [-0.15, -0.1) is 0 Å². The molecule has 0 spiro atoms. The molecule has 0 fully saturated rings. The van der Waals surface area contributed by atoms with Crippen LogP contribution in [0.25, 0.3) is 43.8 Å². The van der Waals surface area contributed by atoms with Gasteiger partial charge in [-0.3, -0.25) is 0 Å². The Balaban J connectivity index is 1.71. The minimum Gasteiger partial charge on any atom is -0.0622 e. The van der Waals surface area contributed by atoms with Crippen LogP contribution in [0.2, 0.25) is 0 Å². The fourth-order valence-electron chi connectivity index (χ4n) is 3.71. The molecule has 0 radical (unpaired) electrons. The van der Waals surface area contributed by atoms with Crippen molar-refractivity contribution in [1.29, 1.82) is 0 Å². The van der Waals surface area contributed by atoms with Crippen molar-refractivity contribution in [2.75, 3.05) is 0 Å². The second kappa shape index (κ2) is 6.16. The first-order chi connectivity index (χ1) is 12.9. The van der Waals surface area contributed by atoms with E-state index < -0.39 is 0 Å². The van der Waals surface area contributed by atoms with Crippen LogP contribution in [0.1, 0.15) is 0 Å². The van der Waals surface area contributed by atoms with E-state index in [0.29, 0.717) is 0 Å². The predicted octanol–water partition coefficient (Wildman–Crippen LogP) is 7.33. The summed E-state index contributed by atoms with van der Waals surface area (Å²) in [5, 5.41) is 5.14. The summed E-state index contributed by atoms with van der Waals surface area (Å²) < 4.78 is 0. The molecule has 122 valence electrons.